The third-order valence-corrected chi connectivity index (χ3v) is 5.62. The number of hydrogen-bond acceptors (Lipinski definition) is 4. The molecule has 0 amide bonds. The van der Waals surface area contributed by atoms with Crippen molar-refractivity contribution in [3.63, 3.8) is 0 Å². The Kier molecular flexibility index (Phi) is 4.34. The van der Waals surface area contributed by atoms with Gasteiger partial charge in [-0.15, -0.1) is 0 Å². The van der Waals surface area contributed by atoms with E-state index in [-0.39, 0.29) is 5.43 Å². The van der Waals surface area contributed by atoms with Gasteiger partial charge in [-0.05, 0) is 35.0 Å². The Morgan fingerprint density at radius 2 is 1.57 bits per heavy atom. The molecule has 0 spiro atoms. The minimum absolute atomic E-state index is 0.0822. The van der Waals surface area contributed by atoms with E-state index < -0.39 is 0 Å². The summed E-state index contributed by atoms with van der Waals surface area (Å²) >= 11 is 0. The third kappa shape index (κ3) is 3.16. The number of fused-ring (bicyclic) bond motifs is 2. The molecular formula is C24H22N2O2. The lowest BCUT2D eigenvalue weighted by atomic mass is 10.1. The van der Waals surface area contributed by atoms with E-state index in [1.54, 1.807) is 6.26 Å². The summed E-state index contributed by atoms with van der Waals surface area (Å²) in [7, 11) is 0. The van der Waals surface area contributed by atoms with Gasteiger partial charge >= 0.3 is 0 Å². The van der Waals surface area contributed by atoms with Gasteiger partial charge in [0.15, 0.2) is 5.43 Å². The highest BCUT2D eigenvalue weighted by Crippen LogP contribution is 2.23. The fraction of sp³-hybridized carbons (Fsp3) is 0.208. The lowest BCUT2D eigenvalue weighted by Gasteiger charge is -2.36. The predicted octanol–water partition coefficient (Wildman–Crippen LogP) is 4.27. The van der Waals surface area contributed by atoms with Crippen LogP contribution in [0.3, 0.4) is 0 Å². The van der Waals surface area contributed by atoms with Crippen molar-refractivity contribution < 1.29 is 4.42 Å². The Hall–Kier alpha value is -3.11. The van der Waals surface area contributed by atoms with Gasteiger partial charge in [0, 0.05) is 44.0 Å². The molecule has 0 atom stereocenters. The van der Waals surface area contributed by atoms with Crippen LogP contribution in [0.2, 0.25) is 0 Å². The van der Waals surface area contributed by atoms with Crippen molar-refractivity contribution in [2.45, 2.75) is 6.54 Å². The lowest BCUT2D eigenvalue weighted by Crippen LogP contribution is -2.46. The van der Waals surface area contributed by atoms with Gasteiger partial charge in [-0.1, -0.05) is 42.5 Å². The van der Waals surface area contributed by atoms with E-state index in [2.05, 4.69) is 52.3 Å². The third-order valence-electron chi connectivity index (χ3n) is 5.62. The van der Waals surface area contributed by atoms with Crippen LogP contribution in [0.5, 0.6) is 0 Å². The zero-order valence-electron chi connectivity index (χ0n) is 15.7. The zero-order chi connectivity index (χ0) is 18.9. The molecule has 2 heterocycles. The first kappa shape index (κ1) is 17.0. The van der Waals surface area contributed by atoms with E-state index in [1.165, 1.54) is 16.5 Å². The van der Waals surface area contributed by atoms with E-state index in [0.29, 0.717) is 17.5 Å². The maximum absolute atomic E-state index is 12.7. The summed E-state index contributed by atoms with van der Waals surface area (Å²) in [6.07, 6.45) is 1.63. The van der Waals surface area contributed by atoms with Crippen LogP contribution in [-0.2, 0) is 6.54 Å². The Bertz CT molecular complexity index is 1190. The van der Waals surface area contributed by atoms with Gasteiger partial charge in [0.25, 0.3) is 0 Å². The molecular weight excluding hydrogens is 348 g/mol. The summed E-state index contributed by atoms with van der Waals surface area (Å²) in [6, 6.07) is 22.6. The molecule has 5 rings (SSSR count). The predicted molar refractivity (Wildman–Crippen MR) is 114 cm³/mol. The van der Waals surface area contributed by atoms with Crippen LogP contribution in [0.4, 0.5) is 5.69 Å². The summed E-state index contributed by atoms with van der Waals surface area (Å²) in [5, 5.41) is 3.21. The quantitative estimate of drug-likeness (QED) is 0.540. The van der Waals surface area contributed by atoms with E-state index >= 15 is 0 Å². The van der Waals surface area contributed by atoms with Crippen LogP contribution in [0.15, 0.2) is 82.2 Å². The van der Waals surface area contributed by atoms with Gasteiger partial charge in [0.2, 0.25) is 0 Å². The molecule has 3 aromatic carbocycles. The average Bonchev–Trinajstić information content (AvgIpc) is 2.76. The number of benzene rings is 3. The molecule has 1 aliphatic rings. The highest BCUT2D eigenvalue weighted by atomic mass is 16.3. The second kappa shape index (κ2) is 7.13. The first-order chi connectivity index (χ1) is 13.8. The maximum atomic E-state index is 12.7. The van der Waals surface area contributed by atoms with Crippen molar-refractivity contribution in [1.82, 2.24) is 4.90 Å². The SMILES string of the molecule is O=c1c(CN2CCN(c3ccc4ccccc4c3)CC2)coc2ccccc12. The molecule has 1 aromatic heterocycles. The van der Waals surface area contributed by atoms with Crippen LogP contribution >= 0.6 is 0 Å². The fourth-order valence-corrected chi connectivity index (χ4v) is 4.01. The zero-order valence-corrected chi connectivity index (χ0v) is 15.7. The fourth-order valence-electron chi connectivity index (χ4n) is 4.01. The molecule has 1 aliphatic heterocycles. The molecule has 4 nitrogen and oxygen atoms in total. The topological polar surface area (TPSA) is 36.7 Å². The molecule has 0 N–H and O–H groups in total. The van der Waals surface area contributed by atoms with Crippen molar-refractivity contribution in [3.05, 3.63) is 88.8 Å². The molecule has 4 aromatic rings. The molecule has 28 heavy (non-hydrogen) atoms. The first-order valence-corrected chi connectivity index (χ1v) is 9.73. The summed E-state index contributed by atoms with van der Waals surface area (Å²) in [4.78, 5) is 17.5. The lowest BCUT2D eigenvalue weighted by molar-refractivity contribution is 0.247. The van der Waals surface area contributed by atoms with Crippen molar-refractivity contribution >= 4 is 27.4 Å². The van der Waals surface area contributed by atoms with E-state index in [9.17, 15) is 4.79 Å². The Morgan fingerprint density at radius 3 is 2.43 bits per heavy atom. The largest absolute Gasteiger partial charge is 0.464 e. The van der Waals surface area contributed by atoms with E-state index in [1.807, 2.05) is 24.3 Å². The Morgan fingerprint density at radius 1 is 0.821 bits per heavy atom. The second-order valence-corrected chi connectivity index (χ2v) is 7.38. The van der Waals surface area contributed by atoms with Gasteiger partial charge in [0.05, 0.1) is 11.6 Å². The van der Waals surface area contributed by atoms with Gasteiger partial charge < -0.3 is 9.32 Å². The average molecular weight is 370 g/mol. The van der Waals surface area contributed by atoms with Crippen molar-refractivity contribution in [2.75, 3.05) is 31.1 Å². The summed E-state index contributed by atoms with van der Waals surface area (Å²) in [6.45, 7) is 4.41. The monoisotopic (exact) mass is 370 g/mol. The number of hydrogen-bond donors (Lipinski definition) is 0. The molecule has 0 radical (unpaired) electrons. The van der Waals surface area contributed by atoms with E-state index in [0.717, 1.165) is 31.7 Å². The molecule has 140 valence electrons. The molecule has 1 saturated heterocycles. The number of piperazine rings is 1. The van der Waals surface area contributed by atoms with Crippen molar-refractivity contribution in [1.29, 1.82) is 0 Å². The molecule has 4 heteroatoms. The standard InChI is InChI=1S/C24H22N2O2/c27-24-20(17-28-23-8-4-3-7-22(23)24)16-25-11-13-26(14-12-25)21-10-9-18-5-1-2-6-19(18)15-21/h1-10,15,17H,11-14,16H2. The van der Waals surface area contributed by atoms with Crippen LogP contribution in [0.25, 0.3) is 21.7 Å². The second-order valence-electron chi connectivity index (χ2n) is 7.38. The first-order valence-electron chi connectivity index (χ1n) is 9.73. The minimum Gasteiger partial charge on any atom is -0.464 e. The van der Waals surface area contributed by atoms with Crippen molar-refractivity contribution in [3.8, 4) is 0 Å². The Balaban J connectivity index is 1.29. The van der Waals surface area contributed by atoms with E-state index in [4.69, 9.17) is 4.42 Å². The van der Waals surface area contributed by atoms with Crippen LogP contribution in [0, 0.1) is 0 Å². The van der Waals surface area contributed by atoms with Gasteiger partial charge in [-0.3, -0.25) is 9.69 Å². The molecule has 0 bridgehead atoms. The normalized spacial score (nSPS) is 15.4. The van der Waals surface area contributed by atoms with Crippen LogP contribution in [0.1, 0.15) is 5.56 Å². The van der Waals surface area contributed by atoms with Crippen LogP contribution < -0.4 is 10.3 Å². The summed E-state index contributed by atoms with van der Waals surface area (Å²) in [5.74, 6) is 0. The van der Waals surface area contributed by atoms with Gasteiger partial charge in [-0.2, -0.15) is 0 Å². The van der Waals surface area contributed by atoms with Gasteiger partial charge in [-0.25, -0.2) is 0 Å². The molecule has 0 saturated carbocycles. The van der Waals surface area contributed by atoms with Crippen molar-refractivity contribution in [2.24, 2.45) is 0 Å². The number of para-hydroxylation sites is 1. The molecule has 0 aliphatic carbocycles. The summed E-state index contributed by atoms with van der Waals surface area (Å²) < 4.78 is 5.66. The smallest absolute Gasteiger partial charge is 0.197 e. The molecule has 1 fully saturated rings. The van der Waals surface area contributed by atoms with Gasteiger partial charge in [0.1, 0.15) is 5.58 Å². The Labute approximate surface area is 163 Å². The molecule has 0 unspecified atom stereocenters. The highest BCUT2D eigenvalue weighted by Gasteiger charge is 2.19. The van der Waals surface area contributed by atoms with Crippen LogP contribution in [-0.4, -0.2) is 31.1 Å². The number of nitrogens with zero attached hydrogens (tertiary/aromatic N) is 2. The minimum atomic E-state index is 0.0822. The highest BCUT2D eigenvalue weighted by molar-refractivity contribution is 5.85. The number of rotatable bonds is 3. The number of anilines is 1. The maximum Gasteiger partial charge on any atom is 0.197 e. The summed E-state index contributed by atoms with van der Waals surface area (Å²) in [5.41, 5.74) is 2.73.